The average Bonchev–Trinajstić information content (AvgIpc) is 3.02. The van der Waals surface area contributed by atoms with Gasteiger partial charge in [-0.3, -0.25) is 9.59 Å². The minimum absolute atomic E-state index is 0.00309. The Morgan fingerprint density at radius 2 is 1.58 bits per heavy atom. The van der Waals surface area contributed by atoms with E-state index in [1.54, 1.807) is 0 Å². The maximum Gasteiger partial charge on any atom is 0.319 e. The molecule has 1 fully saturated rings. The van der Waals surface area contributed by atoms with Gasteiger partial charge in [0.2, 0.25) is 0 Å². The fourth-order valence-electron chi connectivity index (χ4n) is 4.92. The van der Waals surface area contributed by atoms with E-state index < -0.39 is 0 Å². The Hall–Kier alpha value is -4.63. The van der Waals surface area contributed by atoms with Crippen LogP contribution in [0.1, 0.15) is 64.0 Å². The molecule has 4 aromatic rings. The van der Waals surface area contributed by atoms with Crippen molar-refractivity contribution in [3.63, 3.8) is 0 Å². The smallest absolute Gasteiger partial charge is 0.319 e. The Bertz CT molecular complexity index is 1610. The first-order valence-corrected chi connectivity index (χ1v) is 14.4. The van der Waals surface area contributed by atoms with Crippen molar-refractivity contribution in [2.75, 3.05) is 38.7 Å². The number of morpholine rings is 1. The van der Waals surface area contributed by atoms with Crippen molar-refractivity contribution in [2.45, 2.75) is 39.5 Å². The molecular formula is C34H37N5O4. The minimum Gasteiger partial charge on any atom is -0.467 e. The van der Waals surface area contributed by atoms with E-state index in [4.69, 9.17) is 14.5 Å². The second-order valence-corrected chi connectivity index (χ2v) is 11.6. The van der Waals surface area contributed by atoms with E-state index in [2.05, 4.69) is 36.1 Å². The van der Waals surface area contributed by atoms with Crippen LogP contribution in [0.5, 0.6) is 6.01 Å². The summed E-state index contributed by atoms with van der Waals surface area (Å²) >= 11 is 0. The molecule has 3 aromatic carbocycles. The van der Waals surface area contributed by atoms with Crippen LogP contribution < -0.4 is 10.1 Å². The van der Waals surface area contributed by atoms with Crippen molar-refractivity contribution in [3.05, 3.63) is 100 Å². The number of nitrogens with zero attached hydrogens (tertiary/aromatic N) is 4. The summed E-state index contributed by atoms with van der Waals surface area (Å²) in [6.45, 7) is 10.7. The summed E-state index contributed by atoms with van der Waals surface area (Å²) in [6.07, 6.45) is 0.429. The van der Waals surface area contributed by atoms with Crippen LogP contribution in [0.2, 0.25) is 0 Å². The standard InChI is InChI=1S/C34H37N5O4/c1-22-27(7-6-8-28(22)35-31(40)24-13-15-26(16-14-24)34(2,3)4)30-36-29(37-33(38-30)42-5)21-23-9-11-25(12-10-23)32(41)39-17-19-43-20-18-39/h6-16H,17-21H2,1-5H3,(H,35,40). The van der Waals surface area contributed by atoms with E-state index >= 15 is 0 Å². The second-order valence-electron chi connectivity index (χ2n) is 11.6. The number of carbonyl (C=O) groups is 2. The SMILES string of the molecule is COc1nc(Cc2ccc(C(=O)N3CCOCC3)cc2)nc(-c2cccc(NC(=O)c3ccc(C(C)(C)C)cc3)c2C)n1. The van der Waals surface area contributed by atoms with Crippen molar-refractivity contribution in [1.82, 2.24) is 19.9 Å². The van der Waals surface area contributed by atoms with Gasteiger partial charge in [0.25, 0.3) is 11.8 Å². The summed E-state index contributed by atoms with van der Waals surface area (Å²) in [5, 5.41) is 3.04. The van der Waals surface area contributed by atoms with Gasteiger partial charge in [-0.25, -0.2) is 4.98 Å². The van der Waals surface area contributed by atoms with E-state index in [1.165, 1.54) is 12.7 Å². The van der Waals surface area contributed by atoms with Crippen LogP contribution in [0.25, 0.3) is 11.4 Å². The molecule has 0 atom stereocenters. The molecule has 9 nitrogen and oxygen atoms in total. The molecule has 222 valence electrons. The highest BCUT2D eigenvalue weighted by Gasteiger charge is 2.19. The first-order chi connectivity index (χ1) is 20.6. The molecule has 2 heterocycles. The van der Waals surface area contributed by atoms with Gasteiger partial charge in [-0.05, 0) is 59.4 Å². The highest BCUT2D eigenvalue weighted by Crippen LogP contribution is 2.28. The number of aromatic nitrogens is 3. The lowest BCUT2D eigenvalue weighted by Crippen LogP contribution is -2.40. The zero-order chi connectivity index (χ0) is 30.6. The van der Waals surface area contributed by atoms with Crippen molar-refractivity contribution in [2.24, 2.45) is 0 Å². The van der Waals surface area contributed by atoms with Gasteiger partial charge in [0.05, 0.1) is 20.3 Å². The molecule has 43 heavy (non-hydrogen) atoms. The van der Waals surface area contributed by atoms with Crippen molar-refractivity contribution in [3.8, 4) is 17.4 Å². The molecule has 1 aromatic heterocycles. The molecular weight excluding hydrogens is 542 g/mol. The Morgan fingerprint density at radius 1 is 0.907 bits per heavy atom. The van der Waals surface area contributed by atoms with Gasteiger partial charge >= 0.3 is 6.01 Å². The van der Waals surface area contributed by atoms with Gasteiger partial charge < -0.3 is 19.7 Å². The van der Waals surface area contributed by atoms with Crippen LogP contribution in [0.4, 0.5) is 5.69 Å². The molecule has 5 rings (SSSR count). The first-order valence-electron chi connectivity index (χ1n) is 14.4. The average molecular weight is 580 g/mol. The summed E-state index contributed by atoms with van der Waals surface area (Å²) in [4.78, 5) is 41.4. The Labute approximate surface area is 252 Å². The quantitative estimate of drug-likeness (QED) is 0.310. The first kappa shape index (κ1) is 29.8. The predicted molar refractivity (Wildman–Crippen MR) is 166 cm³/mol. The van der Waals surface area contributed by atoms with Gasteiger partial charge in [-0.15, -0.1) is 0 Å². The number of amides is 2. The van der Waals surface area contributed by atoms with Gasteiger partial charge in [-0.1, -0.05) is 57.2 Å². The van der Waals surface area contributed by atoms with E-state index in [0.717, 1.165) is 16.7 Å². The summed E-state index contributed by atoms with van der Waals surface area (Å²) in [5.74, 6) is 0.791. The van der Waals surface area contributed by atoms with Crippen molar-refractivity contribution < 1.29 is 19.1 Å². The Balaban J connectivity index is 1.34. The molecule has 1 aliphatic heterocycles. The van der Waals surface area contributed by atoms with E-state index in [-0.39, 0.29) is 23.2 Å². The van der Waals surface area contributed by atoms with Crippen LogP contribution in [0.3, 0.4) is 0 Å². The summed E-state index contributed by atoms with van der Waals surface area (Å²) < 4.78 is 10.8. The van der Waals surface area contributed by atoms with Crippen LogP contribution in [0.15, 0.2) is 66.7 Å². The van der Waals surface area contributed by atoms with Crippen LogP contribution in [-0.2, 0) is 16.6 Å². The third-order valence-corrected chi connectivity index (χ3v) is 7.54. The number of rotatable bonds is 7. The number of anilines is 1. The van der Waals surface area contributed by atoms with Crippen molar-refractivity contribution in [1.29, 1.82) is 0 Å². The van der Waals surface area contributed by atoms with E-state index in [1.807, 2.05) is 78.6 Å². The number of hydrogen-bond donors (Lipinski definition) is 1. The summed E-state index contributed by atoms with van der Waals surface area (Å²) in [5.41, 5.74) is 5.60. The lowest BCUT2D eigenvalue weighted by Gasteiger charge is -2.26. The van der Waals surface area contributed by atoms with Crippen LogP contribution in [-0.4, -0.2) is 65.1 Å². The largest absolute Gasteiger partial charge is 0.467 e. The maximum absolute atomic E-state index is 13.1. The number of methoxy groups -OCH3 is 1. The number of ether oxygens (including phenoxy) is 2. The Kier molecular flexibility index (Phi) is 8.82. The van der Waals surface area contributed by atoms with Gasteiger partial charge in [0.1, 0.15) is 5.82 Å². The lowest BCUT2D eigenvalue weighted by molar-refractivity contribution is 0.0303. The third-order valence-electron chi connectivity index (χ3n) is 7.54. The highest BCUT2D eigenvalue weighted by atomic mass is 16.5. The van der Waals surface area contributed by atoms with Crippen molar-refractivity contribution >= 4 is 17.5 Å². The molecule has 1 saturated heterocycles. The number of carbonyl (C=O) groups excluding carboxylic acids is 2. The molecule has 0 bridgehead atoms. The van der Waals surface area contributed by atoms with Gasteiger partial charge in [0.15, 0.2) is 5.82 Å². The summed E-state index contributed by atoms with van der Waals surface area (Å²) in [7, 11) is 1.52. The predicted octanol–water partition coefficient (Wildman–Crippen LogP) is 5.47. The molecule has 9 heteroatoms. The van der Waals surface area contributed by atoms with Crippen LogP contribution in [0, 0.1) is 6.92 Å². The second kappa shape index (κ2) is 12.7. The highest BCUT2D eigenvalue weighted by molar-refractivity contribution is 6.05. The molecule has 0 aliphatic carbocycles. The fraction of sp³-hybridized carbons (Fsp3) is 0.324. The molecule has 1 aliphatic rings. The van der Waals surface area contributed by atoms with Gasteiger partial charge in [-0.2, -0.15) is 9.97 Å². The molecule has 0 unspecified atom stereocenters. The number of benzene rings is 3. The van der Waals surface area contributed by atoms with E-state index in [9.17, 15) is 9.59 Å². The molecule has 0 spiro atoms. The topological polar surface area (TPSA) is 107 Å². The molecule has 1 N–H and O–H groups in total. The molecule has 2 amide bonds. The normalized spacial score (nSPS) is 13.5. The molecule has 0 saturated carbocycles. The lowest BCUT2D eigenvalue weighted by atomic mass is 9.86. The number of hydrogen-bond acceptors (Lipinski definition) is 7. The zero-order valence-corrected chi connectivity index (χ0v) is 25.3. The minimum atomic E-state index is -0.190. The molecule has 0 radical (unpaired) electrons. The van der Waals surface area contributed by atoms with Crippen LogP contribution >= 0.6 is 0 Å². The third kappa shape index (κ3) is 7.06. The maximum atomic E-state index is 13.1. The zero-order valence-electron chi connectivity index (χ0n) is 25.3. The fourth-order valence-corrected chi connectivity index (χ4v) is 4.92. The van der Waals surface area contributed by atoms with E-state index in [0.29, 0.717) is 61.2 Å². The number of nitrogens with one attached hydrogen (secondary N) is 1. The summed E-state index contributed by atoms with van der Waals surface area (Å²) in [6, 6.07) is 21.0. The monoisotopic (exact) mass is 579 g/mol. The Morgan fingerprint density at radius 3 is 2.23 bits per heavy atom. The van der Waals surface area contributed by atoms with Gasteiger partial charge in [0, 0.05) is 41.9 Å².